The first-order valence-electron chi connectivity index (χ1n) is 9.37. The molecule has 1 fully saturated rings. The normalized spacial score (nSPS) is 14.5. The maximum Gasteiger partial charge on any atom is 0.265 e. The molecule has 0 saturated carbocycles. The molecule has 28 heavy (non-hydrogen) atoms. The van der Waals surface area contributed by atoms with Crippen molar-refractivity contribution in [2.45, 2.75) is 13.5 Å². The van der Waals surface area contributed by atoms with Gasteiger partial charge < -0.3 is 9.80 Å². The maximum absolute atomic E-state index is 14.0. The molecule has 1 saturated heterocycles. The van der Waals surface area contributed by atoms with Crippen molar-refractivity contribution >= 4 is 22.6 Å². The minimum Gasteiger partial charge on any atom is -0.366 e. The second-order valence-corrected chi connectivity index (χ2v) is 6.75. The molecule has 0 unspecified atom stereocenters. The van der Waals surface area contributed by atoms with Gasteiger partial charge in [-0.3, -0.25) is 14.2 Å². The molecule has 0 bridgehead atoms. The van der Waals surface area contributed by atoms with Crippen molar-refractivity contribution < 1.29 is 9.18 Å². The third-order valence-electron chi connectivity index (χ3n) is 5.15. The molecule has 0 radical (unpaired) electrons. The molecule has 2 aromatic heterocycles. The lowest BCUT2D eigenvalue weighted by atomic mass is 10.1. The van der Waals surface area contributed by atoms with Gasteiger partial charge in [-0.05, 0) is 37.3 Å². The number of para-hydroxylation sites is 1. The number of hydrogen-bond acceptors (Lipinski definition) is 4. The molecule has 3 heterocycles. The van der Waals surface area contributed by atoms with Crippen LogP contribution in [0.5, 0.6) is 0 Å². The molecular weight excluding hydrogens is 359 g/mol. The first-order valence-corrected chi connectivity index (χ1v) is 9.37. The van der Waals surface area contributed by atoms with Crippen molar-refractivity contribution in [3.8, 4) is 0 Å². The van der Waals surface area contributed by atoms with Crippen LogP contribution in [-0.4, -0.2) is 46.5 Å². The van der Waals surface area contributed by atoms with Gasteiger partial charge in [0.05, 0.1) is 5.69 Å². The van der Waals surface area contributed by atoms with E-state index in [2.05, 4.69) is 4.98 Å². The molecule has 6 nitrogen and oxygen atoms in total. The summed E-state index contributed by atoms with van der Waals surface area (Å²) in [4.78, 5) is 33.7. The molecule has 144 valence electrons. The summed E-state index contributed by atoms with van der Waals surface area (Å²) in [5.74, 6) is -0.554. The van der Waals surface area contributed by atoms with Crippen molar-refractivity contribution in [3.63, 3.8) is 0 Å². The Balaban J connectivity index is 1.59. The number of fused-ring (bicyclic) bond motifs is 1. The number of carbonyl (C=O) groups is 1. The Bertz CT molecular complexity index is 1090. The summed E-state index contributed by atoms with van der Waals surface area (Å²) < 4.78 is 15.5. The van der Waals surface area contributed by atoms with Gasteiger partial charge in [0, 0.05) is 44.3 Å². The van der Waals surface area contributed by atoms with E-state index in [1.807, 2.05) is 17.9 Å². The lowest BCUT2D eigenvalue weighted by molar-refractivity contribution is 0.0744. The summed E-state index contributed by atoms with van der Waals surface area (Å²) >= 11 is 0. The van der Waals surface area contributed by atoms with Gasteiger partial charge in [-0.2, -0.15) is 0 Å². The topological polar surface area (TPSA) is 58.4 Å². The van der Waals surface area contributed by atoms with Gasteiger partial charge >= 0.3 is 0 Å². The fourth-order valence-electron chi connectivity index (χ4n) is 3.68. The summed E-state index contributed by atoms with van der Waals surface area (Å²) in [7, 11) is 0. The summed E-state index contributed by atoms with van der Waals surface area (Å²) in [6.07, 6.45) is 1.64. The van der Waals surface area contributed by atoms with Crippen molar-refractivity contribution in [2.75, 3.05) is 31.1 Å². The highest BCUT2D eigenvalue weighted by Gasteiger charge is 2.26. The smallest absolute Gasteiger partial charge is 0.265 e. The second-order valence-electron chi connectivity index (χ2n) is 6.75. The van der Waals surface area contributed by atoms with Crippen LogP contribution in [-0.2, 0) is 6.54 Å². The Morgan fingerprint density at radius 2 is 1.86 bits per heavy atom. The lowest BCUT2D eigenvalue weighted by Crippen LogP contribution is -2.50. The van der Waals surface area contributed by atoms with E-state index in [4.69, 9.17) is 0 Å². The van der Waals surface area contributed by atoms with Crippen LogP contribution in [0.1, 0.15) is 17.3 Å². The van der Waals surface area contributed by atoms with Crippen LogP contribution in [0.15, 0.2) is 53.5 Å². The third-order valence-corrected chi connectivity index (χ3v) is 5.15. The molecule has 1 aromatic carbocycles. The highest BCUT2D eigenvalue weighted by atomic mass is 19.1. The highest BCUT2D eigenvalue weighted by Crippen LogP contribution is 2.21. The first kappa shape index (κ1) is 18.2. The first-order chi connectivity index (χ1) is 13.6. The molecule has 0 N–H and O–H groups in total. The van der Waals surface area contributed by atoms with Crippen molar-refractivity contribution in [1.29, 1.82) is 0 Å². The summed E-state index contributed by atoms with van der Waals surface area (Å²) in [5, 5.41) is 0.761. The van der Waals surface area contributed by atoms with E-state index in [-0.39, 0.29) is 22.8 Å². The van der Waals surface area contributed by atoms with E-state index in [0.717, 1.165) is 5.39 Å². The number of aromatic nitrogens is 2. The summed E-state index contributed by atoms with van der Waals surface area (Å²) in [6.45, 7) is 4.20. The van der Waals surface area contributed by atoms with Gasteiger partial charge in [0.2, 0.25) is 0 Å². The van der Waals surface area contributed by atoms with Crippen LogP contribution in [0, 0.1) is 5.82 Å². The molecule has 0 aliphatic carbocycles. The number of aryl methyl sites for hydroxylation is 1. The Kier molecular flexibility index (Phi) is 4.81. The number of amides is 1. The number of carbonyl (C=O) groups excluding carboxylic acids is 1. The zero-order valence-electron chi connectivity index (χ0n) is 15.6. The van der Waals surface area contributed by atoms with Gasteiger partial charge in [0.15, 0.2) is 0 Å². The van der Waals surface area contributed by atoms with Crippen LogP contribution in [0.25, 0.3) is 11.0 Å². The Morgan fingerprint density at radius 3 is 2.57 bits per heavy atom. The molecule has 7 heteroatoms. The van der Waals surface area contributed by atoms with Crippen LogP contribution in [0.3, 0.4) is 0 Å². The van der Waals surface area contributed by atoms with Gasteiger partial charge in [-0.15, -0.1) is 0 Å². The van der Waals surface area contributed by atoms with E-state index in [9.17, 15) is 14.0 Å². The number of anilines is 1. The molecule has 0 atom stereocenters. The van der Waals surface area contributed by atoms with Crippen LogP contribution in [0.4, 0.5) is 10.1 Å². The molecule has 1 aliphatic rings. The zero-order valence-corrected chi connectivity index (χ0v) is 15.6. The summed E-state index contributed by atoms with van der Waals surface area (Å²) in [6, 6.07) is 11.9. The summed E-state index contributed by atoms with van der Waals surface area (Å²) in [5.41, 5.74) is 0.951. The Labute approximate surface area is 161 Å². The minimum absolute atomic E-state index is 0.154. The van der Waals surface area contributed by atoms with E-state index < -0.39 is 0 Å². The van der Waals surface area contributed by atoms with Crippen LogP contribution < -0.4 is 10.5 Å². The van der Waals surface area contributed by atoms with E-state index >= 15 is 0 Å². The molecule has 0 spiro atoms. The predicted molar refractivity (Wildman–Crippen MR) is 106 cm³/mol. The molecule has 1 amide bonds. The van der Waals surface area contributed by atoms with E-state index in [1.165, 1.54) is 10.6 Å². The van der Waals surface area contributed by atoms with Crippen LogP contribution >= 0.6 is 0 Å². The lowest BCUT2D eigenvalue weighted by Gasteiger charge is -2.36. The fourth-order valence-corrected chi connectivity index (χ4v) is 3.68. The van der Waals surface area contributed by atoms with Crippen LogP contribution in [0.2, 0.25) is 0 Å². The Hall–Kier alpha value is -3.22. The van der Waals surface area contributed by atoms with Gasteiger partial charge in [0.25, 0.3) is 11.5 Å². The number of halogens is 1. The maximum atomic E-state index is 14.0. The minimum atomic E-state index is -0.324. The molecule has 1 aliphatic heterocycles. The van der Waals surface area contributed by atoms with Crippen molar-refractivity contribution in [3.05, 3.63) is 70.4 Å². The number of pyridine rings is 2. The van der Waals surface area contributed by atoms with E-state index in [0.29, 0.717) is 44.1 Å². The number of rotatable bonds is 3. The largest absolute Gasteiger partial charge is 0.366 e. The van der Waals surface area contributed by atoms with Gasteiger partial charge in [0.1, 0.15) is 17.0 Å². The molecule has 4 rings (SSSR count). The average molecular weight is 380 g/mol. The number of benzene rings is 1. The zero-order chi connectivity index (χ0) is 19.7. The highest BCUT2D eigenvalue weighted by molar-refractivity contribution is 5.97. The standard InChI is InChI=1S/C21H21FN4O2/c1-2-26-19-15(6-5-9-23-19)14-16(21(26)28)20(27)25-12-10-24(11-13-25)18-8-4-3-7-17(18)22/h3-9,14H,2,10-13H2,1H3. The molecular formula is C21H21FN4O2. The predicted octanol–water partition coefficient (Wildman–Crippen LogP) is 2.52. The third kappa shape index (κ3) is 3.13. The number of hydrogen-bond donors (Lipinski definition) is 0. The van der Waals surface area contributed by atoms with Crippen molar-refractivity contribution in [2.24, 2.45) is 0 Å². The van der Waals surface area contributed by atoms with Gasteiger partial charge in [-0.25, -0.2) is 9.37 Å². The Morgan fingerprint density at radius 1 is 1.11 bits per heavy atom. The number of nitrogens with zero attached hydrogens (tertiary/aromatic N) is 4. The van der Waals surface area contributed by atoms with Gasteiger partial charge in [-0.1, -0.05) is 12.1 Å². The SMILES string of the molecule is CCn1c(=O)c(C(=O)N2CCN(c3ccccc3F)CC2)cc2cccnc21. The second kappa shape index (κ2) is 7.42. The van der Waals surface area contributed by atoms with E-state index in [1.54, 1.807) is 41.4 Å². The number of piperazine rings is 1. The fraction of sp³-hybridized carbons (Fsp3) is 0.286. The van der Waals surface area contributed by atoms with Crippen molar-refractivity contribution in [1.82, 2.24) is 14.5 Å². The quantitative estimate of drug-likeness (QED) is 0.701. The molecule has 3 aromatic rings. The monoisotopic (exact) mass is 380 g/mol. The average Bonchev–Trinajstić information content (AvgIpc) is 2.73.